The molecule has 80 valence electrons. The molecule has 1 aliphatic carbocycles. The predicted octanol–water partition coefficient (Wildman–Crippen LogP) is 2.63. The van der Waals surface area contributed by atoms with E-state index in [1.54, 1.807) is 6.07 Å². The van der Waals surface area contributed by atoms with Crippen LogP contribution >= 0.6 is 0 Å². The largest absolute Gasteiger partial charge is 0.508 e. The van der Waals surface area contributed by atoms with Gasteiger partial charge in [-0.25, -0.2) is 0 Å². The fourth-order valence-electron chi connectivity index (χ4n) is 2.15. The summed E-state index contributed by atoms with van der Waals surface area (Å²) in [6.45, 7) is 5.31. The molecule has 15 heavy (non-hydrogen) atoms. The van der Waals surface area contributed by atoms with Gasteiger partial charge in [0.25, 0.3) is 0 Å². The van der Waals surface area contributed by atoms with Crippen molar-refractivity contribution in [2.24, 2.45) is 0 Å². The molecule has 0 atom stereocenters. The maximum Gasteiger partial charge on any atom is 0.116 e. The van der Waals surface area contributed by atoms with Crippen LogP contribution in [-0.4, -0.2) is 23.6 Å². The summed E-state index contributed by atoms with van der Waals surface area (Å²) in [4.78, 5) is 2.27. The van der Waals surface area contributed by atoms with Gasteiger partial charge in [0.05, 0.1) is 0 Å². The van der Waals surface area contributed by atoms with Gasteiger partial charge in [-0.05, 0) is 42.7 Å². The Hall–Kier alpha value is -1.44. The second-order valence-corrected chi connectivity index (χ2v) is 4.10. The standard InChI is InChI=1S/C13H17NO/c1-4-14(3)13-7-10-5-6-11(15)8-12(10)9(13)2/h5-6,8,15H,4,7H2,1-3H3. The average Bonchev–Trinajstić information content (AvgIpc) is 2.55. The molecule has 2 heteroatoms. The molecular weight excluding hydrogens is 186 g/mol. The van der Waals surface area contributed by atoms with E-state index in [1.807, 2.05) is 12.1 Å². The number of fused-ring (bicyclic) bond motifs is 1. The summed E-state index contributed by atoms with van der Waals surface area (Å²) in [5.74, 6) is 0.355. The van der Waals surface area contributed by atoms with Crippen LogP contribution in [0.4, 0.5) is 0 Å². The molecular formula is C13H17NO. The smallest absolute Gasteiger partial charge is 0.116 e. The number of allylic oxidation sites excluding steroid dienone is 2. The van der Waals surface area contributed by atoms with Gasteiger partial charge in [0.1, 0.15) is 5.75 Å². The summed E-state index contributed by atoms with van der Waals surface area (Å²) in [6.07, 6.45) is 0.992. The van der Waals surface area contributed by atoms with Crippen molar-refractivity contribution in [3.05, 3.63) is 35.0 Å². The first kappa shape index (κ1) is 10.1. The lowest BCUT2D eigenvalue weighted by molar-refractivity contribution is 0.436. The monoisotopic (exact) mass is 203 g/mol. The highest BCUT2D eigenvalue weighted by atomic mass is 16.3. The number of nitrogens with zero attached hydrogens (tertiary/aromatic N) is 1. The SMILES string of the molecule is CCN(C)C1=C(C)c2cc(O)ccc2C1. The van der Waals surface area contributed by atoms with Crippen LogP contribution in [0.1, 0.15) is 25.0 Å². The van der Waals surface area contributed by atoms with Gasteiger partial charge in [0.2, 0.25) is 0 Å². The minimum Gasteiger partial charge on any atom is -0.508 e. The molecule has 0 aromatic heterocycles. The fourth-order valence-corrected chi connectivity index (χ4v) is 2.15. The van der Waals surface area contributed by atoms with E-state index < -0.39 is 0 Å². The minimum absolute atomic E-state index is 0.355. The zero-order chi connectivity index (χ0) is 11.0. The van der Waals surface area contributed by atoms with Crippen LogP contribution in [-0.2, 0) is 6.42 Å². The van der Waals surface area contributed by atoms with Crippen LogP contribution < -0.4 is 0 Å². The van der Waals surface area contributed by atoms with E-state index in [-0.39, 0.29) is 0 Å². The van der Waals surface area contributed by atoms with Crippen molar-refractivity contribution in [3.63, 3.8) is 0 Å². The predicted molar refractivity (Wildman–Crippen MR) is 62.7 cm³/mol. The number of phenols is 1. The maximum atomic E-state index is 9.46. The van der Waals surface area contributed by atoms with E-state index in [9.17, 15) is 5.11 Å². The second kappa shape index (κ2) is 3.61. The van der Waals surface area contributed by atoms with Crippen LogP contribution in [0.2, 0.25) is 0 Å². The van der Waals surface area contributed by atoms with E-state index >= 15 is 0 Å². The van der Waals surface area contributed by atoms with E-state index in [4.69, 9.17) is 0 Å². The third-order valence-corrected chi connectivity index (χ3v) is 3.22. The number of benzene rings is 1. The topological polar surface area (TPSA) is 23.5 Å². The quantitative estimate of drug-likeness (QED) is 0.798. The molecule has 0 unspecified atom stereocenters. The lowest BCUT2D eigenvalue weighted by Gasteiger charge is -2.19. The van der Waals surface area contributed by atoms with Crippen molar-refractivity contribution < 1.29 is 5.11 Å². The molecule has 0 saturated heterocycles. The van der Waals surface area contributed by atoms with Gasteiger partial charge in [0, 0.05) is 25.7 Å². The lowest BCUT2D eigenvalue weighted by Crippen LogP contribution is -2.17. The molecule has 1 aliphatic rings. The molecule has 0 aliphatic heterocycles. The molecule has 0 heterocycles. The van der Waals surface area contributed by atoms with E-state index in [2.05, 4.69) is 25.8 Å². The Balaban J connectivity index is 2.43. The van der Waals surface area contributed by atoms with E-state index in [0.717, 1.165) is 13.0 Å². The Morgan fingerprint density at radius 2 is 2.13 bits per heavy atom. The Morgan fingerprint density at radius 3 is 2.80 bits per heavy atom. The fraction of sp³-hybridized carbons (Fsp3) is 0.385. The van der Waals surface area contributed by atoms with Crippen molar-refractivity contribution in [1.82, 2.24) is 4.90 Å². The third kappa shape index (κ3) is 1.60. The van der Waals surface area contributed by atoms with Crippen molar-refractivity contribution >= 4 is 5.57 Å². The molecule has 1 N–H and O–H groups in total. The first-order chi connectivity index (χ1) is 7.13. The number of aromatic hydroxyl groups is 1. The Bertz CT molecular complexity index is 421. The highest BCUT2D eigenvalue weighted by Gasteiger charge is 2.20. The highest BCUT2D eigenvalue weighted by Crippen LogP contribution is 2.35. The molecule has 0 amide bonds. The Morgan fingerprint density at radius 1 is 1.40 bits per heavy atom. The van der Waals surface area contributed by atoms with Gasteiger partial charge in [0.15, 0.2) is 0 Å². The summed E-state index contributed by atoms with van der Waals surface area (Å²) in [6, 6.07) is 5.65. The van der Waals surface area contributed by atoms with Gasteiger partial charge in [-0.3, -0.25) is 0 Å². The Kier molecular flexibility index (Phi) is 2.43. The zero-order valence-electron chi connectivity index (χ0n) is 9.54. The summed E-state index contributed by atoms with van der Waals surface area (Å²) < 4.78 is 0. The first-order valence-corrected chi connectivity index (χ1v) is 5.36. The summed E-state index contributed by atoms with van der Waals surface area (Å²) >= 11 is 0. The summed E-state index contributed by atoms with van der Waals surface area (Å²) in [7, 11) is 2.12. The number of phenolic OH excluding ortho intramolecular Hbond substituents is 1. The van der Waals surface area contributed by atoms with Crippen LogP contribution in [0, 0.1) is 0 Å². The summed E-state index contributed by atoms with van der Waals surface area (Å²) in [5.41, 5.74) is 5.19. The maximum absolute atomic E-state index is 9.46. The molecule has 0 spiro atoms. The van der Waals surface area contributed by atoms with E-state index in [0.29, 0.717) is 5.75 Å². The lowest BCUT2D eigenvalue weighted by atomic mass is 10.1. The zero-order valence-corrected chi connectivity index (χ0v) is 9.54. The van der Waals surface area contributed by atoms with Crippen LogP contribution in [0.5, 0.6) is 5.75 Å². The normalized spacial score (nSPS) is 14.3. The molecule has 2 nitrogen and oxygen atoms in total. The van der Waals surface area contributed by atoms with Gasteiger partial charge in [-0.15, -0.1) is 0 Å². The molecule has 0 saturated carbocycles. The minimum atomic E-state index is 0.355. The van der Waals surface area contributed by atoms with E-state index in [1.165, 1.54) is 22.4 Å². The van der Waals surface area contributed by atoms with Crippen LogP contribution in [0.3, 0.4) is 0 Å². The van der Waals surface area contributed by atoms with Gasteiger partial charge >= 0.3 is 0 Å². The molecule has 0 radical (unpaired) electrons. The third-order valence-electron chi connectivity index (χ3n) is 3.22. The van der Waals surface area contributed by atoms with Gasteiger partial charge in [-0.1, -0.05) is 6.07 Å². The van der Waals surface area contributed by atoms with Crippen molar-refractivity contribution in [2.75, 3.05) is 13.6 Å². The second-order valence-electron chi connectivity index (χ2n) is 4.10. The van der Waals surface area contributed by atoms with Crippen molar-refractivity contribution in [2.45, 2.75) is 20.3 Å². The highest BCUT2D eigenvalue weighted by molar-refractivity contribution is 5.75. The van der Waals surface area contributed by atoms with Crippen LogP contribution in [0.15, 0.2) is 23.9 Å². The van der Waals surface area contributed by atoms with Crippen molar-refractivity contribution in [1.29, 1.82) is 0 Å². The van der Waals surface area contributed by atoms with Gasteiger partial charge in [-0.2, -0.15) is 0 Å². The van der Waals surface area contributed by atoms with Crippen molar-refractivity contribution in [3.8, 4) is 5.75 Å². The van der Waals surface area contributed by atoms with Crippen LogP contribution in [0.25, 0.3) is 5.57 Å². The number of hydrogen-bond donors (Lipinski definition) is 1. The molecule has 2 rings (SSSR count). The number of hydrogen-bond acceptors (Lipinski definition) is 2. The van der Waals surface area contributed by atoms with Gasteiger partial charge < -0.3 is 10.0 Å². The number of likely N-dealkylation sites (N-methyl/N-ethyl adjacent to an activating group) is 1. The average molecular weight is 203 g/mol. The molecule has 1 aromatic rings. The Labute approximate surface area is 90.8 Å². The molecule has 0 fully saturated rings. The summed E-state index contributed by atoms with van der Waals surface area (Å²) in [5, 5.41) is 9.46. The molecule has 0 bridgehead atoms. The molecule has 1 aromatic carbocycles. The number of rotatable bonds is 2. The first-order valence-electron chi connectivity index (χ1n) is 5.36.